The normalized spacial score (nSPS) is 12.0. The summed E-state index contributed by atoms with van der Waals surface area (Å²) in [5, 5.41) is 2.79. The quantitative estimate of drug-likeness (QED) is 0.863. The predicted molar refractivity (Wildman–Crippen MR) is 81.1 cm³/mol. The summed E-state index contributed by atoms with van der Waals surface area (Å²) >= 11 is 0. The molecule has 7 heteroatoms. The zero-order valence-corrected chi connectivity index (χ0v) is 13.8. The van der Waals surface area contributed by atoms with Crippen molar-refractivity contribution in [2.45, 2.75) is 38.1 Å². The Kier molecular flexibility index (Phi) is 5.36. The molecule has 21 heavy (non-hydrogen) atoms. The molecule has 1 aromatic carbocycles. The van der Waals surface area contributed by atoms with Gasteiger partial charge in [-0.05, 0) is 39.0 Å². The van der Waals surface area contributed by atoms with Crippen LogP contribution in [0.3, 0.4) is 0 Å². The Morgan fingerprint density at radius 1 is 1.29 bits per heavy atom. The molecule has 0 aliphatic rings. The van der Waals surface area contributed by atoms with Crippen LogP contribution in [0.25, 0.3) is 0 Å². The minimum absolute atomic E-state index is 0.0478. The molecule has 0 spiro atoms. The molecule has 0 aromatic heterocycles. The molecule has 1 amide bonds. The van der Waals surface area contributed by atoms with Gasteiger partial charge in [0.05, 0.1) is 7.11 Å². The third-order valence-corrected chi connectivity index (χ3v) is 4.10. The summed E-state index contributed by atoms with van der Waals surface area (Å²) in [6.07, 6.45) is 0. The number of ether oxygens (including phenoxy) is 1. The van der Waals surface area contributed by atoms with Crippen LogP contribution >= 0.6 is 0 Å². The molecule has 118 valence electrons. The van der Waals surface area contributed by atoms with Gasteiger partial charge in [-0.25, -0.2) is 13.1 Å². The van der Waals surface area contributed by atoms with Crippen LogP contribution in [-0.4, -0.2) is 33.5 Å². The molecule has 2 N–H and O–H groups in total. The number of sulfonamides is 1. The molecule has 0 atom stereocenters. The minimum atomic E-state index is -3.71. The summed E-state index contributed by atoms with van der Waals surface area (Å²) < 4.78 is 31.7. The highest BCUT2D eigenvalue weighted by molar-refractivity contribution is 7.89. The van der Waals surface area contributed by atoms with Crippen LogP contribution in [0.4, 0.5) is 0 Å². The largest absolute Gasteiger partial charge is 0.495 e. The number of nitrogens with one attached hydrogen (secondary N) is 2. The molecule has 6 nitrogen and oxygen atoms in total. The Bertz CT molecular complexity index is 618. The van der Waals surface area contributed by atoms with Crippen LogP contribution in [0.2, 0.25) is 0 Å². The van der Waals surface area contributed by atoms with Crippen LogP contribution in [0, 0.1) is 0 Å². The van der Waals surface area contributed by atoms with Crippen molar-refractivity contribution in [1.29, 1.82) is 0 Å². The van der Waals surface area contributed by atoms with Gasteiger partial charge in [-0.15, -0.1) is 0 Å². The lowest BCUT2D eigenvalue weighted by molar-refractivity contribution is 0.0919. The predicted octanol–water partition coefficient (Wildman–Crippen LogP) is 1.52. The van der Waals surface area contributed by atoms with Crippen molar-refractivity contribution in [3.63, 3.8) is 0 Å². The summed E-state index contributed by atoms with van der Waals surface area (Å²) in [5.74, 6) is -0.138. The molecule has 0 bridgehead atoms. The number of hydrogen-bond acceptors (Lipinski definition) is 4. The van der Waals surface area contributed by atoms with E-state index < -0.39 is 15.6 Å². The fraction of sp³-hybridized carbons (Fsp3) is 0.500. The highest BCUT2D eigenvalue weighted by Gasteiger charge is 2.22. The number of rotatable bonds is 5. The third-order valence-electron chi connectivity index (χ3n) is 2.54. The number of methoxy groups -OCH3 is 1. The first-order valence-electron chi connectivity index (χ1n) is 6.61. The second-order valence-electron chi connectivity index (χ2n) is 5.57. The van der Waals surface area contributed by atoms with E-state index in [0.29, 0.717) is 0 Å². The Hall–Kier alpha value is -1.60. The van der Waals surface area contributed by atoms with Crippen LogP contribution < -0.4 is 14.8 Å². The smallest absolute Gasteiger partial charge is 0.251 e. The zero-order chi connectivity index (χ0) is 16.3. The summed E-state index contributed by atoms with van der Waals surface area (Å²) in [6.45, 7) is 7.49. The molecule has 0 aliphatic heterocycles. The van der Waals surface area contributed by atoms with Gasteiger partial charge in [-0.3, -0.25) is 4.79 Å². The number of carbonyl (C=O) groups excluding carboxylic acids is 1. The van der Waals surface area contributed by atoms with Gasteiger partial charge in [0.1, 0.15) is 10.6 Å². The van der Waals surface area contributed by atoms with E-state index in [1.807, 2.05) is 20.8 Å². The summed E-state index contributed by atoms with van der Waals surface area (Å²) in [6, 6.07) is 4.32. The highest BCUT2D eigenvalue weighted by Crippen LogP contribution is 2.25. The second-order valence-corrected chi connectivity index (χ2v) is 7.31. The van der Waals surface area contributed by atoms with Gasteiger partial charge in [-0.1, -0.05) is 6.92 Å². The van der Waals surface area contributed by atoms with Crippen molar-refractivity contribution in [2.75, 3.05) is 13.7 Å². The third kappa shape index (κ3) is 4.71. The van der Waals surface area contributed by atoms with Crippen molar-refractivity contribution < 1.29 is 17.9 Å². The molecule has 0 radical (unpaired) electrons. The van der Waals surface area contributed by atoms with Crippen LogP contribution in [0.15, 0.2) is 23.1 Å². The van der Waals surface area contributed by atoms with Crippen molar-refractivity contribution in [2.24, 2.45) is 0 Å². The lowest BCUT2D eigenvalue weighted by atomic mass is 10.1. The maximum atomic E-state index is 12.1. The Morgan fingerprint density at radius 2 is 1.90 bits per heavy atom. The number of carbonyl (C=O) groups is 1. The van der Waals surface area contributed by atoms with E-state index in [1.54, 1.807) is 6.92 Å². The Morgan fingerprint density at radius 3 is 2.38 bits per heavy atom. The first-order valence-corrected chi connectivity index (χ1v) is 8.09. The van der Waals surface area contributed by atoms with Crippen LogP contribution in [0.1, 0.15) is 38.1 Å². The van der Waals surface area contributed by atoms with Crippen LogP contribution in [-0.2, 0) is 10.0 Å². The summed E-state index contributed by atoms with van der Waals surface area (Å²) in [5.41, 5.74) is -0.139. The standard InChI is InChI=1S/C14H22N2O4S/c1-6-15-21(18,19)12-9-10(7-8-11(12)20-5)13(17)16-14(2,3)4/h7-9,15H,6H2,1-5H3,(H,16,17). The van der Waals surface area contributed by atoms with E-state index in [4.69, 9.17) is 4.74 Å². The Balaban J connectivity index is 3.26. The number of amides is 1. The SMILES string of the molecule is CCNS(=O)(=O)c1cc(C(=O)NC(C)(C)C)ccc1OC. The minimum Gasteiger partial charge on any atom is -0.495 e. The van der Waals surface area contributed by atoms with E-state index in [1.165, 1.54) is 25.3 Å². The van der Waals surface area contributed by atoms with E-state index in [2.05, 4.69) is 10.0 Å². The molecule has 1 aromatic rings. The van der Waals surface area contributed by atoms with Crippen molar-refractivity contribution in [3.05, 3.63) is 23.8 Å². The van der Waals surface area contributed by atoms with E-state index in [-0.39, 0.29) is 28.7 Å². The highest BCUT2D eigenvalue weighted by atomic mass is 32.2. The monoisotopic (exact) mass is 314 g/mol. The number of benzene rings is 1. The van der Waals surface area contributed by atoms with Crippen molar-refractivity contribution in [3.8, 4) is 5.75 Å². The van der Waals surface area contributed by atoms with E-state index in [9.17, 15) is 13.2 Å². The van der Waals surface area contributed by atoms with Crippen molar-refractivity contribution >= 4 is 15.9 Å². The molecule has 0 saturated carbocycles. The first-order chi connectivity index (χ1) is 9.60. The first kappa shape index (κ1) is 17.5. The molecule has 0 saturated heterocycles. The van der Waals surface area contributed by atoms with E-state index in [0.717, 1.165) is 0 Å². The van der Waals surface area contributed by atoms with Gasteiger partial charge >= 0.3 is 0 Å². The van der Waals surface area contributed by atoms with Gasteiger partial charge in [-0.2, -0.15) is 0 Å². The summed E-state index contributed by atoms with van der Waals surface area (Å²) in [4.78, 5) is 12.1. The maximum Gasteiger partial charge on any atom is 0.251 e. The average Bonchev–Trinajstić information content (AvgIpc) is 2.35. The zero-order valence-electron chi connectivity index (χ0n) is 13.0. The van der Waals surface area contributed by atoms with Crippen molar-refractivity contribution in [1.82, 2.24) is 10.0 Å². The van der Waals surface area contributed by atoms with Gasteiger partial charge in [0.15, 0.2) is 0 Å². The second kappa shape index (κ2) is 6.44. The molecule has 0 fully saturated rings. The summed E-state index contributed by atoms with van der Waals surface area (Å²) in [7, 11) is -2.32. The van der Waals surface area contributed by atoms with Gasteiger partial charge in [0.2, 0.25) is 10.0 Å². The van der Waals surface area contributed by atoms with E-state index >= 15 is 0 Å². The molecule has 0 heterocycles. The van der Waals surface area contributed by atoms with Gasteiger partial charge < -0.3 is 10.1 Å². The topological polar surface area (TPSA) is 84.5 Å². The van der Waals surface area contributed by atoms with Crippen LogP contribution in [0.5, 0.6) is 5.75 Å². The number of hydrogen-bond donors (Lipinski definition) is 2. The van der Waals surface area contributed by atoms with Gasteiger partial charge in [0, 0.05) is 17.6 Å². The lowest BCUT2D eigenvalue weighted by Crippen LogP contribution is -2.40. The average molecular weight is 314 g/mol. The molecule has 0 unspecified atom stereocenters. The maximum absolute atomic E-state index is 12.1. The van der Waals surface area contributed by atoms with Gasteiger partial charge in [0.25, 0.3) is 5.91 Å². The lowest BCUT2D eigenvalue weighted by Gasteiger charge is -2.21. The molecule has 1 rings (SSSR count). The Labute approximate surface area is 125 Å². The molecule has 0 aliphatic carbocycles. The fourth-order valence-corrected chi connectivity index (χ4v) is 2.94. The molecular weight excluding hydrogens is 292 g/mol. The fourth-order valence-electron chi connectivity index (χ4n) is 1.71. The molecular formula is C14H22N2O4S.